The first-order valence-corrected chi connectivity index (χ1v) is 5.93. The number of phenolic OH excluding ortho intramolecular Hbond substituents is 2. The molecule has 5 nitrogen and oxygen atoms in total. The van der Waals surface area contributed by atoms with E-state index in [2.05, 4.69) is 4.98 Å². The van der Waals surface area contributed by atoms with Gasteiger partial charge in [-0.1, -0.05) is 0 Å². The zero-order valence-corrected chi connectivity index (χ0v) is 9.77. The molecule has 2 N–H and O–H groups in total. The Hall–Kier alpha value is -2.34. The summed E-state index contributed by atoms with van der Waals surface area (Å²) in [6, 6.07) is 2.66. The van der Waals surface area contributed by atoms with Crippen molar-refractivity contribution in [2.24, 2.45) is 0 Å². The number of thiazole rings is 1. The third-order valence-corrected chi connectivity index (χ3v) is 3.36. The van der Waals surface area contributed by atoms with E-state index in [4.69, 9.17) is 4.42 Å². The van der Waals surface area contributed by atoms with E-state index in [0.717, 1.165) is 0 Å². The van der Waals surface area contributed by atoms with Crippen molar-refractivity contribution in [3.05, 3.63) is 40.2 Å². The molecule has 18 heavy (non-hydrogen) atoms. The number of phenols is 2. The van der Waals surface area contributed by atoms with E-state index in [1.807, 2.05) is 0 Å². The number of aromatic hydroxyl groups is 2. The lowest BCUT2D eigenvalue weighted by atomic mass is 10.1. The Morgan fingerprint density at radius 3 is 2.83 bits per heavy atom. The molecule has 0 atom stereocenters. The molecule has 0 unspecified atom stereocenters. The second-order valence-electron chi connectivity index (χ2n) is 3.63. The fourth-order valence-corrected chi connectivity index (χ4v) is 2.32. The van der Waals surface area contributed by atoms with Gasteiger partial charge < -0.3 is 14.6 Å². The highest BCUT2D eigenvalue weighted by Crippen LogP contribution is 2.33. The van der Waals surface area contributed by atoms with E-state index in [-0.39, 0.29) is 22.1 Å². The van der Waals surface area contributed by atoms with Gasteiger partial charge in [0, 0.05) is 11.6 Å². The van der Waals surface area contributed by atoms with Crippen LogP contribution in [0.4, 0.5) is 0 Å². The summed E-state index contributed by atoms with van der Waals surface area (Å²) in [6.45, 7) is 0. The van der Waals surface area contributed by atoms with Crippen molar-refractivity contribution in [1.82, 2.24) is 4.98 Å². The van der Waals surface area contributed by atoms with Gasteiger partial charge in [0.1, 0.15) is 11.3 Å². The van der Waals surface area contributed by atoms with Crippen LogP contribution >= 0.6 is 11.3 Å². The predicted molar refractivity (Wildman–Crippen MR) is 66.9 cm³/mol. The number of fused-ring (bicyclic) bond motifs is 1. The number of nitrogens with zero attached hydrogens (tertiary/aromatic N) is 1. The van der Waals surface area contributed by atoms with Crippen LogP contribution in [0.5, 0.6) is 11.5 Å². The van der Waals surface area contributed by atoms with Crippen LogP contribution in [-0.2, 0) is 0 Å². The summed E-state index contributed by atoms with van der Waals surface area (Å²) in [4.78, 5) is 16.2. The number of hydrogen-bond donors (Lipinski definition) is 2. The summed E-state index contributed by atoms with van der Waals surface area (Å²) in [5.74, 6) is -0.761. The highest BCUT2D eigenvalue weighted by molar-refractivity contribution is 7.13. The Morgan fingerprint density at radius 1 is 1.28 bits per heavy atom. The van der Waals surface area contributed by atoms with Gasteiger partial charge in [-0.2, -0.15) is 0 Å². The topological polar surface area (TPSA) is 83.6 Å². The van der Waals surface area contributed by atoms with Gasteiger partial charge in [-0.3, -0.25) is 4.79 Å². The number of rotatable bonds is 1. The number of hydrogen-bond acceptors (Lipinski definition) is 6. The lowest BCUT2D eigenvalue weighted by Crippen LogP contribution is -2.04. The maximum atomic E-state index is 12.2. The lowest BCUT2D eigenvalue weighted by Gasteiger charge is -2.03. The molecule has 0 spiro atoms. The first kappa shape index (κ1) is 10.8. The van der Waals surface area contributed by atoms with E-state index >= 15 is 0 Å². The fraction of sp³-hybridized carbons (Fsp3) is 0. The van der Waals surface area contributed by atoms with Crippen LogP contribution in [0.25, 0.3) is 21.5 Å². The Bertz CT molecular complexity index is 777. The normalized spacial score (nSPS) is 10.9. The van der Waals surface area contributed by atoms with Crippen LogP contribution in [0.3, 0.4) is 0 Å². The SMILES string of the molecule is O=c1c(-c2nccs2)coc2c(O)c(O)ccc12. The van der Waals surface area contributed by atoms with Gasteiger partial charge >= 0.3 is 0 Å². The highest BCUT2D eigenvalue weighted by Gasteiger charge is 2.15. The monoisotopic (exact) mass is 261 g/mol. The minimum Gasteiger partial charge on any atom is -0.504 e. The highest BCUT2D eigenvalue weighted by atomic mass is 32.1. The molecule has 0 aliphatic heterocycles. The van der Waals surface area contributed by atoms with Crippen molar-refractivity contribution < 1.29 is 14.6 Å². The van der Waals surface area contributed by atoms with Crippen LogP contribution in [-0.4, -0.2) is 15.2 Å². The van der Waals surface area contributed by atoms with Gasteiger partial charge in [0.05, 0.1) is 10.9 Å². The zero-order chi connectivity index (χ0) is 12.7. The second kappa shape index (κ2) is 3.85. The van der Waals surface area contributed by atoms with Crippen LogP contribution in [0.15, 0.2) is 39.2 Å². The molecule has 2 heterocycles. The van der Waals surface area contributed by atoms with Crippen molar-refractivity contribution in [3.63, 3.8) is 0 Å². The van der Waals surface area contributed by atoms with Crippen LogP contribution in [0.1, 0.15) is 0 Å². The van der Waals surface area contributed by atoms with Crippen LogP contribution in [0.2, 0.25) is 0 Å². The smallest absolute Gasteiger partial charge is 0.203 e. The number of benzene rings is 1. The molecule has 3 rings (SSSR count). The minimum atomic E-state index is -0.435. The van der Waals surface area contributed by atoms with E-state index in [1.165, 1.54) is 29.7 Å². The summed E-state index contributed by atoms with van der Waals surface area (Å²) in [5.41, 5.74) is 0.0180. The standard InChI is InChI=1S/C12H7NO4S/c14-8-2-1-6-9(15)7(12-13-3-4-18-12)5-17-11(6)10(8)16/h1-5,14,16H. The second-order valence-corrected chi connectivity index (χ2v) is 4.52. The number of aromatic nitrogens is 1. The quantitative estimate of drug-likeness (QED) is 0.657. The Labute approximate surface area is 105 Å². The van der Waals surface area contributed by atoms with Crippen LogP contribution in [0, 0.1) is 0 Å². The van der Waals surface area contributed by atoms with E-state index < -0.39 is 5.75 Å². The van der Waals surface area contributed by atoms with Gasteiger partial charge in [0.25, 0.3) is 0 Å². The molecule has 1 aromatic carbocycles. The molecule has 0 amide bonds. The van der Waals surface area contributed by atoms with E-state index in [1.54, 1.807) is 11.6 Å². The molecule has 3 aromatic rings. The van der Waals surface area contributed by atoms with Crippen molar-refractivity contribution in [2.75, 3.05) is 0 Å². The summed E-state index contributed by atoms with van der Waals surface area (Å²) >= 11 is 1.32. The molecule has 0 radical (unpaired) electrons. The summed E-state index contributed by atoms with van der Waals surface area (Å²) in [7, 11) is 0. The third-order valence-electron chi connectivity index (χ3n) is 2.56. The average molecular weight is 261 g/mol. The minimum absolute atomic E-state index is 0.0275. The van der Waals surface area contributed by atoms with Crippen molar-refractivity contribution >= 4 is 22.3 Å². The predicted octanol–water partition coefficient (Wildman–Crippen LogP) is 2.33. The van der Waals surface area contributed by atoms with Crippen molar-refractivity contribution in [3.8, 4) is 22.1 Å². The van der Waals surface area contributed by atoms with Gasteiger partial charge in [0.2, 0.25) is 11.2 Å². The van der Waals surface area contributed by atoms with Crippen molar-refractivity contribution in [2.45, 2.75) is 0 Å². The molecule has 0 aliphatic carbocycles. The summed E-state index contributed by atoms with van der Waals surface area (Å²) in [6.07, 6.45) is 2.83. The van der Waals surface area contributed by atoms with Gasteiger partial charge in [-0.05, 0) is 12.1 Å². The first-order valence-electron chi connectivity index (χ1n) is 5.05. The first-order chi connectivity index (χ1) is 8.68. The summed E-state index contributed by atoms with van der Waals surface area (Å²) in [5, 5.41) is 21.5. The Morgan fingerprint density at radius 2 is 2.11 bits per heavy atom. The largest absolute Gasteiger partial charge is 0.504 e. The van der Waals surface area contributed by atoms with E-state index in [9.17, 15) is 15.0 Å². The fourth-order valence-electron chi connectivity index (χ4n) is 1.68. The molecule has 0 fully saturated rings. The van der Waals surface area contributed by atoms with Crippen LogP contribution < -0.4 is 5.43 Å². The molecule has 2 aromatic heterocycles. The average Bonchev–Trinajstić information content (AvgIpc) is 2.88. The molecule has 6 heteroatoms. The van der Waals surface area contributed by atoms with Gasteiger partial charge in [0.15, 0.2) is 11.3 Å². The maximum Gasteiger partial charge on any atom is 0.203 e. The van der Waals surface area contributed by atoms with Crippen molar-refractivity contribution in [1.29, 1.82) is 0 Å². The third kappa shape index (κ3) is 1.46. The Kier molecular flexibility index (Phi) is 2.31. The Balaban J connectivity index is 2.38. The lowest BCUT2D eigenvalue weighted by molar-refractivity contribution is 0.399. The molecule has 0 bridgehead atoms. The summed E-state index contributed by atoms with van der Waals surface area (Å²) < 4.78 is 5.22. The molecular formula is C12H7NO4S. The maximum absolute atomic E-state index is 12.2. The molecule has 0 saturated heterocycles. The van der Waals surface area contributed by atoms with E-state index in [0.29, 0.717) is 10.6 Å². The molecule has 90 valence electrons. The van der Waals surface area contributed by atoms with Gasteiger partial charge in [-0.25, -0.2) is 4.98 Å². The molecule has 0 saturated carbocycles. The molecule has 0 aliphatic rings. The van der Waals surface area contributed by atoms with Gasteiger partial charge in [-0.15, -0.1) is 11.3 Å². The zero-order valence-electron chi connectivity index (χ0n) is 8.95. The molecular weight excluding hydrogens is 254 g/mol.